The molecule has 0 atom stereocenters. The molecule has 15 heavy (non-hydrogen) atoms. The maximum Gasteiger partial charge on any atom is 0.226 e. The summed E-state index contributed by atoms with van der Waals surface area (Å²) in [5.74, 6) is 1.28. The molecule has 0 saturated heterocycles. The normalized spacial score (nSPS) is 10.8. The molecule has 0 aromatic carbocycles. The molecule has 0 spiro atoms. The molecule has 0 amide bonds. The molecule has 80 valence electrons. The number of aryl methyl sites for hydroxylation is 1. The molecule has 0 aliphatic carbocycles. The van der Waals surface area contributed by atoms with Gasteiger partial charge in [-0.2, -0.15) is 4.98 Å². The monoisotopic (exact) mass is 207 g/mol. The predicted molar refractivity (Wildman–Crippen MR) is 53.1 cm³/mol. The van der Waals surface area contributed by atoms with Gasteiger partial charge in [0.25, 0.3) is 0 Å². The Hall–Kier alpha value is -1.62. The van der Waals surface area contributed by atoms with Gasteiger partial charge in [0.15, 0.2) is 5.82 Å². The highest BCUT2D eigenvalue weighted by atomic mass is 16.5. The highest BCUT2D eigenvalue weighted by molar-refractivity contribution is 5.07. The first-order chi connectivity index (χ1) is 7.33. The van der Waals surface area contributed by atoms with E-state index >= 15 is 0 Å². The Morgan fingerprint density at radius 2 is 2.40 bits per heavy atom. The lowest BCUT2D eigenvalue weighted by atomic mass is 10.4. The van der Waals surface area contributed by atoms with E-state index in [-0.39, 0.29) is 6.61 Å². The lowest BCUT2D eigenvalue weighted by molar-refractivity contribution is 0.271. The molecule has 0 aliphatic rings. The molecule has 2 aromatic heterocycles. The van der Waals surface area contributed by atoms with Crippen molar-refractivity contribution < 1.29 is 9.63 Å². The van der Waals surface area contributed by atoms with Gasteiger partial charge in [-0.3, -0.25) is 0 Å². The number of hydrogen-bond donors (Lipinski definition) is 1. The van der Waals surface area contributed by atoms with Gasteiger partial charge in [0.2, 0.25) is 5.89 Å². The maximum atomic E-state index is 9.05. The fourth-order valence-electron chi connectivity index (χ4n) is 1.40. The van der Waals surface area contributed by atoms with E-state index in [4.69, 9.17) is 9.63 Å². The summed E-state index contributed by atoms with van der Waals surface area (Å²) in [6.45, 7) is 2.52. The van der Waals surface area contributed by atoms with Crippen LogP contribution in [0.15, 0.2) is 22.9 Å². The summed E-state index contributed by atoms with van der Waals surface area (Å²) in [4.78, 5) is 4.20. The summed E-state index contributed by atoms with van der Waals surface area (Å²) in [6, 6.07) is 3.74. The minimum atomic E-state index is 0.0193. The predicted octanol–water partition coefficient (Wildman–Crippen LogP) is 0.974. The van der Waals surface area contributed by atoms with Gasteiger partial charge in [-0.15, -0.1) is 0 Å². The van der Waals surface area contributed by atoms with E-state index in [1.54, 1.807) is 0 Å². The van der Waals surface area contributed by atoms with Gasteiger partial charge in [0, 0.05) is 18.3 Å². The standard InChI is InChI=1S/C10H13N3O2/c1-2-10-11-9(12-15-10)6-13-5-3-4-8(13)7-14/h3-5,14H,2,6-7H2,1H3. The van der Waals surface area contributed by atoms with Crippen LogP contribution in [0.1, 0.15) is 24.3 Å². The van der Waals surface area contributed by atoms with Crippen LogP contribution in [0.25, 0.3) is 0 Å². The fraction of sp³-hybridized carbons (Fsp3) is 0.400. The number of nitrogens with zero attached hydrogens (tertiary/aromatic N) is 3. The molecule has 1 N–H and O–H groups in total. The van der Waals surface area contributed by atoms with E-state index in [9.17, 15) is 0 Å². The minimum Gasteiger partial charge on any atom is -0.390 e. The first kappa shape index (κ1) is 9.92. The highest BCUT2D eigenvalue weighted by Crippen LogP contribution is 2.06. The lowest BCUT2D eigenvalue weighted by Gasteiger charge is -2.02. The molecule has 0 aliphatic heterocycles. The minimum absolute atomic E-state index is 0.0193. The second-order valence-electron chi connectivity index (χ2n) is 3.24. The molecule has 0 radical (unpaired) electrons. The molecule has 0 bridgehead atoms. The van der Waals surface area contributed by atoms with Crippen LogP contribution in [0.2, 0.25) is 0 Å². The van der Waals surface area contributed by atoms with Crippen molar-refractivity contribution in [3.8, 4) is 0 Å². The molecular weight excluding hydrogens is 194 g/mol. The highest BCUT2D eigenvalue weighted by Gasteiger charge is 2.06. The Morgan fingerprint density at radius 3 is 3.07 bits per heavy atom. The third-order valence-electron chi connectivity index (χ3n) is 2.21. The molecule has 2 rings (SSSR count). The second-order valence-corrected chi connectivity index (χ2v) is 3.24. The topological polar surface area (TPSA) is 64.1 Å². The number of aliphatic hydroxyl groups excluding tert-OH is 1. The summed E-state index contributed by atoms with van der Waals surface area (Å²) < 4.78 is 6.89. The average Bonchev–Trinajstić information content (AvgIpc) is 2.87. The van der Waals surface area contributed by atoms with Crippen LogP contribution in [0.5, 0.6) is 0 Å². The average molecular weight is 207 g/mol. The van der Waals surface area contributed by atoms with Crippen LogP contribution < -0.4 is 0 Å². The Bertz CT molecular complexity index is 433. The number of rotatable bonds is 4. The van der Waals surface area contributed by atoms with Gasteiger partial charge >= 0.3 is 0 Å². The zero-order chi connectivity index (χ0) is 10.7. The molecule has 0 saturated carbocycles. The van der Waals surface area contributed by atoms with Crippen LogP contribution in [-0.4, -0.2) is 19.8 Å². The largest absolute Gasteiger partial charge is 0.390 e. The van der Waals surface area contributed by atoms with Gasteiger partial charge in [-0.25, -0.2) is 0 Å². The number of hydrogen-bond acceptors (Lipinski definition) is 4. The second kappa shape index (κ2) is 4.27. The van der Waals surface area contributed by atoms with Crippen molar-refractivity contribution in [2.45, 2.75) is 26.5 Å². The van der Waals surface area contributed by atoms with E-state index < -0.39 is 0 Å². The summed E-state index contributed by atoms with van der Waals surface area (Å²) in [7, 11) is 0. The van der Waals surface area contributed by atoms with Gasteiger partial charge in [-0.1, -0.05) is 12.1 Å². The van der Waals surface area contributed by atoms with Gasteiger partial charge in [0.1, 0.15) is 0 Å². The first-order valence-corrected chi connectivity index (χ1v) is 4.89. The van der Waals surface area contributed by atoms with Crippen LogP contribution in [0.4, 0.5) is 0 Å². The van der Waals surface area contributed by atoms with Crippen molar-refractivity contribution in [3.05, 3.63) is 35.7 Å². The SMILES string of the molecule is CCc1nc(Cn2cccc2CO)no1. The van der Waals surface area contributed by atoms with E-state index in [0.717, 1.165) is 12.1 Å². The van der Waals surface area contributed by atoms with Gasteiger partial charge in [-0.05, 0) is 12.1 Å². The van der Waals surface area contributed by atoms with Crippen molar-refractivity contribution >= 4 is 0 Å². The molecule has 0 unspecified atom stereocenters. The Balaban J connectivity index is 2.14. The Labute approximate surface area is 87.3 Å². The first-order valence-electron chi connectivity index (χ1n) is 4.89. The summed E-state index contributed by atoms with van der Waals surface area (Å²) in [5, 5.41) is 12.9. The maximum absolute atomic E-state index is 9.05. The van der Waals surface area contributed by atoms with Gasteiger partial charge < -0.3 is 14.2 Å². The van der Waals surface area contributed by atoms with E-state index in [2.05, 4.69) is 10.1 Å². The zero-order valence-electron chi connectivity index (χ0n) is 8.55. The fourth-order valence-corrected chi connectivity index (χ4v) is 1.40. The summed E-state index contributed by atoms with van der Waals surface area (Å²) in [6.07, 6.45) is 2.62. The molecule has 5 heteroatoms. The third kappa shape index (κ3) is 2.07. The molecule has 5 nitrogen and oxygen atoms in total. The van der Waals surface area contributed by atoms with Crippen molar-refractivity contribution in [1.82, 2.24) is 14.7 Å². The number of aromatic nitrogens is 3. The van der Waals surface area contributed by atoms with Crippen LogP contribution in [0, 0.1) is 0 Å². The van der Waals surface area contributed by atoms with E-state index in [1.165, 1.54) is 0 Å². The number of aliphatic hydroxyl groups is 1. The lowest BCUT2D eigenvalue weighted by Crippen LogP contribution is -2.04. The van der Waals surface area contributed by atoms with Crippen LogP contribution in [-0.2, 0) is 19.6 Å². The molecular formula is C10H13N3O2. The quantitative estimate of drug-likeness (QED) is 0.811. The van der Waals surface area contributed by atoms with E-state index in [1.807, 2.05) is 29.8 Å². The molecule has 0 fully saturated rings. The Kier molecular flexibility index (Phi) is 2.82. The Morgan fingerprint density at radius 1 is 1.53 bits per heavy atom. The third-order valence-corrected chi connectivity index (χ3v) is 2.21. The summed E-state index contributed by atoms with van der Waals surface area (Å²) >= 11 is 0. The van der Waals surface area contributed by atoms with Crippen molar-refractivity contribution in [3.63, 3.8) is 0 Å². The zero-order valence-corrected chi connectivity index (χ0v) is 8.55. The van der Waals surface area contributed by atoms with Crippen molar-refractivity contribution in [1.29, 1.82) is 0 Å². The van der Waals surface area contributed by atoms with Crippen molar-refractivity contribution in [2.75, 3.05) is 0 Å². The molecule has 2 heterocycles. The molecule has 2 aromatic rings. The van der Waals surface area contributed by atoms with Gasteiger partial charge in [0.05, 0.1) is 13.2 Å². The smallest absolute Gasteiger partial charge is 0.226 e. The summed E-state index contributed by atoms with van der Waals surface area (Å²) in [5.41, 5.74) is 0.845. The van der Waals surface area contributed by atoms with Crippen LogP contribution >= 0.6 is 0 Å². The van der Waals surface area contributed by atoms with Crippen molar-refractivity contribution in [2.24, 2.45) is 0 Å². The van der Waals surface area contributed by atoms with E-state index in [0.29, 0.717) is 18.3 Å². The van der Waals surface area contributed by atoms with Crippen LogP contribution in [0.3, 0.4) is 0 Å².